The molecule has 1 saturated heterocycles. The smallest absolute Gasteiger partial charge is 0.237 e. The predicted molar refractivity (Wildman–Crippen MR) is 105 cm³/mol. The second-order valence-electron chi connectivity index (χ2n) is 6.55. The average Bonchev–Trinajstić information content (AvgIpc) is 3.35. The van der Waals surface area contributed by atoms with E-state index in [0.717, 1.165) is 35.9 Å². The normalized spacial score (nSPS) is 17.9. The first-order chi connectivity index (χ1) is 13.2. The van der Waals surface area contributed by atoms with Gasteiger partial charge in [-0.1, -0.05) is 48.2 Å². The van der Waals surface area contributed by atoms with E-state index in [-0.39, 0.29) is 17.3 Å². The van der Waals surface area contributed by atoms with Gasteiger partial charge in [-0.25, -0.2) is 4.68 Å². The molecule has 1 aromatic heterocycles. The van der Waals surface area contributed by atoms with Gasteiger partial charge in [0.05, 0.1) is 17.9 Å². The number of thioether (sulfide) groups is 1. The number of aromatic nitrogens is 4. The Kier molecular flexibility index (Phi) is 5.35. The third-order valence-electron chi connectivity index (χ3n) is 4.60. The van der Waals surface area contributed by atoms with Crippen molar-refractivity contribution in [2.75, 3.05) is 11.9 Å². The van der Waals surface area contributed by atoms with Crippen LogP contribution >= 0.6 is 11.8 Å². The molecule has 2 aromatic carbocycles. The predicted octanol–water partition coefficient (Wildman–Crippen LogP) is 3.12. The van der Waals surface area contributed by atoms with Gasteiger partial charge in [-0.05, 0) is 41.6 Å². The number of benzene rings is 2. The maximum absolute atomic E-state index is 12.7. The van der Waals surface area contributed by atoms with Crippen molar-refractivity contribution in [2.24, 2.45) is 0 Å². The van der Waals surface area contributed by atoms with Gasteiger partial charge in [0.1, 0.15) is 0 Å². The number of hydrogen-bond acceptors (Lipinski definition) is 6. The molecule has 8 heteroatoms. The standard InChI is InChI=1S/C19H21N5O2S/c1-13(27-19-21-22-23-24(19)12-15-8-5-11-26-15)18(25)20-17-10-4-7-14-6-2-3-9-16(14)17/h2-4,6-7,9-10,13,15H,5,8,11-12H2,1H3,(H,20,25). The van der Waals surface area contributed by atoms with Crippen molar-refractivity contribution in [3.05, 3.63) is 42.5 Å². The minimum absolute atomic E-state index is 0.0805. The van der Waals surface area contributed by atoms with Crippen LogP contribution in [0, 0.1) is 0 Å². The highest BCUT2D eigenvalue weighted by Gasteiger charge is 2.22. The molecule has 3 aromatic rings. The Balaban J connectivity index is 1.43. The van der Waals surface area contributed by atoms with E-state index in [4.69, 9.17) is 4.74 Å². The summed E-state index contributed by atoms with van der Waals surface area (Å²) >= 11 is 1.35. The molecule has 0 bridgehead atoms. The zero-order valence-corrected chi connectivity index (χ0v) is 15.9. The van der Waals surface area contributed by atoms with Gasteiger partial charge < -0.3 is 10.1 Å². The molecule has 1 fully saturated rings. The topological polar surface area (TPSA) is 81.9 Å². The third kappa shape index (κ3) is 4.12. The summed E-state index contributed by atoms with van der Waals surface area (Å²) in [6.07, 6.45) is 2.23. The van der Waals surface area contributed by atoms with Gasteiger partial charge in [0.15, 0.2) is 0 Å². The van der Waals surface area contributed by atoms with Gasteiger partial charge in [0.25, 0.3) is 0 Å². The Morgan fingerprint density at radius 3 is 3.04 bits per heavy atom. The molecule has 7 nitrogen and oxygen atoms in total. The number of rotatable bonds is 6. The molecule has 0 radical (unpaired) electrons. The number of fused-ring (bicyclic) bond motifs is 1. The van der Waals surface area contributed by atoms with Gasteiger partial charge in [0, 0.05) is 17.7 Å². The molecule has 0 aliphatic carbocycles. The summed E-state index contributed by atoms with van der Waals surface area (Å²) in [7, 11) is 0. The summed E-state index contributed by atoms with van der Waals surface area (Å²) in [5, 5.41) is 17.3. The van der Waals surface area contributed by atoms with Crippen LogP contribution in [-0.2, 0) is 16.1 Å². The minimum Gasteiger partial charge on any atom is -0.376 e. The van der Waals surface area contributed by atoms with Crippen LogP contribution in [0.2, 0.25) is 0 Å². The maximum atomic E-state index is 12.7. The Morgan fingerprint density at radius 2 is 2.19 bits per heavy atom. The first-order valence-electron chi connectivity index (χ1n) is 9.04. The van der Waals surface area contributed by atoms with Gasteiger partial charge in [0.2, 0.25) is 11.1 Å². The molecule has 2 unspecified atom stereocenters. The molecule has 0 saturated carbocycles. The lowest BCUT2D eigenvalue weighted by molar-refractivity contribution is -0.115. The lowest BCUT2D eigenvalue weighted by Crippen LogP contribution is -2.24. The highest BCUT2D eigenvalue weighted by Crippen LogP contribution is 2.26. The molecule has 1 N–H and O–H groups in total. The molecule has 1 aliphatic rings. The summed E-state index contributed by atoms with van der Waals surface area (Å²) in [6.45, 7) is 3.27. The molecule has 2 heterocycles. The van der Waals surface area contributed by atoms with Crippen LogP contribution in [0.25, 0.3) is 10.8 Å². The summed E-state index contributed by atoms with van der Waals surface area (Å²) in [4.78, 5) is 12.7. The van der Waals surface area contributed by atoms with E-state index in [0.29, 0.717) is 11.7 Å². The average molecular weight is 383 g/mol. The van der Waals surface area contributed by atoms with Crippen LogP contribution in [0.5, 0.6) is 0 Å². The molecular weight excluding hydrogens is 362 g/mol. The fourth-order valence-electron chi connectivity index (χ4n) is 3.16. The van der Waals surface area contributed by atoms with Crippen LogP contribution in [-0.4, -0.2) is 44.1 Å². The van der Waals surface area contributed by atoms with E-state index >= 15 is 0 Å². The second-order valence-corrected chi connectivity index (χ2v) is 7.86. The van der Waals surface area contributed by atoms with E-state index in [2.05, 4.69) is 20.8 Å². The SMILES string of the molecule is CC(Sc1nnnn1CC1CCCO1)C(=O)Nc1cccc2ccccc12. The Bertz CT molecular complexity index is 933. The number of nitrogens with zero attached hydrogens (tertiary/aromatic N) is 4. The van der Waals surface area contributed by atoms with E-state index in [9.17, 15) is 4.79 Å². The number of carbonyl (C=O) groups is 1. The number of tetrazole rings is 1. The molecule has 1 amide bonds. The van der Waals surface area contributed by atoms with Crippen molar-refractivity contribution < 1.29 is 9.53 Å². The van der Waals surface area contributed by atoms with E-state index in [1.807, 2.05) is 49.4 Å². The summed E-state index contributed by atoms with van der Waals surface area (Å²) in [5.74, 6) is -0.0805. The molecular formula is C19H21N5O2S. The van der Waals surface area contributed by atoms with Gasteiger partial charge >= 0.3 is 0 Å². The quantitative estimate of drug-likeness (QED) is 0.659. The molecule has 0 spiro atoms. The minimum atomic E-state index is -0.335. The van der Waals surface area contributed by atoms with Crippen molar-refractivity contribution in [2.45, 2.75) is 42.8 Å². The van der Waals surface area contributed by atoms with E-state index in [1.165, 1.54) is 11.8 Å². The first-order valence-corrected chi connectivity index (χ1v) is 9.92. The number of ether oxygens (including phenoxy) is 1. The third-order valence-corrected chi connectivity index (χ3v) is 5.67. The number of nitrogens with one attached hydrogen (secondary N) is 1. The lowest BCUT2D eigenvalue weighted by atomic mass is 10.1. The molecule has 4 rings (SSSR count). The first kappa shape index (κ1) is 17.9. The summed E-state index contributed by atoms with van der Waals surface area (Å²) in [6, 6.07) is 13.9. The Hall–Kier alpha value is -2.45. The molecule has 2 atom stereocenters. The van der Waals surface area contributed by atoms with E-state index < -0.39 is 0 Å². The summed E-state index contributed by atoms with van der Waals surface area (Å²) in [5.41, 5.74) is 0.810. The van der Waals surface area contributed by atoms with Crippen molar-refractivity contribution in [1.29, 1.82) is 0 Å². The molecule has 27 heavy (non-hydrogen) atoms. The highest BCUT2D eigenvalue weighted by molar-refractivity contribution is 8.00. The molecule has 1 aliphatic heterocycles. The second kappa shape index (κ2) is 8.06. The van der Waals surface area contributed by atoms with Crippen LogP contribution in [0.1, 0.15) is 19.8 Å². The number of carbonyl (C=O) groups excluding carboxylic acids is 1. The summed E-state index contributed by atoms with van der Waals surface area (Å²) < 4.78 is 7.37. The van der Waals surface area contributed by atoms with Gasteiger partial charge in [-0.2, -0.15) is 0 Å². The Labute approximate surface area is 161 Å². The number of hydrogen-bond donors (Lipinski definition) is 1. The van der Waals surface area contributed by atoms with Crippen LogP contribution in [0.15, 0.2) is 47.6 Å². The largest absolute Gasteiger partial charge is 0.376 e. The van der Waals surface area contributed by atoms with Crippen LogP contribution in [0.4, 0.5) is 5.69 Å². The molecule has 140 valence electrons. The van der Waals surface area contributed by atoms with Crippen LogP contribution < -0.4 is 5.32 Å². The van der Waals surface area contributed by atoms with Crippen LogP contribution in [0.3, 0.4) is 0 Å². The van der Waals surface area contributed by atoms with Crippen molar-refractivity contribution in [1.82, 2.24) is 20.2 Å². The van der Waals surface area contributed by atoms with Crippen molar-refractivity contribution in [3.63, 3.8) is 0 Å². The van der Waals surface area contributed by atoms with Crippen molar-refractivity contribution in [3.8, 4) is 0 Å². The zero-order valence-electron chi connectivity index (χ0n) is 15.0. The number of anilines is 1. The van der Waals surface area contributed by atoms with Gasteiger partial charge in [-0.3, -0.25) is 4.79 Å². The zero-order chi connectivity index (χ0) is 18.6. The fourth-order valence-corrected chi connectivity index (χ4v) is 3.96. The van der Waals surface area contributed by atoms with Crippen molar-refractivity contribution >= 4 is 34.1 Å². The maximum Gasteiger partial charge on any atom is 0.237 e. The monoisotopic (exact) mass is 383 g/mol. The highest BCUT2D eigenvalue weighted by atomic mass is 32.2. The fraction of sp³-hybridized carbons (Fsp3) is 0.368. The number of amides is 1. The lowest BCUT2D eigenvalue weighted by Gasteiger charge is -2.14. The van der Waals surface area contributed by atoms with Gasteiger partial charge in [-0.15, -0.1) is 5.10 Å². The van der Waals surface area contributed by atoms with E-state index in [1.54, 1.807) is 4.68 Å². The Morgan fingerprint density at radius 1 is 1.33 bits per heavy atom.